The molecule has 0 radical (unpaired) electrons. The zero-order chi connectivity index (χ0) is 13.7. The van der Waals surface area contributed by atoms with E-state index in [1.165, 1.54) is 16.8 Å². The van der Waals surface area contributed by atoms with Crippen LogP contribution in [0.25, 0.3) is 0 Å². The molecule has 1 aliphatic heterocycles. The van der Waals surface area contributed by atoms with E-state index in [-0.39, 0.29) is 0 Å². The first-order valence-corrected chi connectivity index (χ1v) is 7.31. The molecule has 1 N–H and O–H groups in total. The third-order valence-corrected chi connectivity index (χ3v) is 3.78. The summed E-state index contributed by atoms with van der Waals surface area (Å²) < 4.78 is 5.36. The van der Waals surface area contributed by atoms with E-state index in [2.05, 4.69) is 49.2 Å². The number of rotatable bonds is 5. The van der Waals surface area contributed by atoms with Crippen LogP contribution in [0.2, 0.25) is 0 Å². The second-order valence-electron chi connectivity index (χ2n) is 5.61. The number of hydrogen-bond acceptors (Lipinski definition) is 3. The van der Waals surface area contributed by atoms with Gasteiger partial charge < -0.3 is 10.1 Å². The lowest BCUT2D eigenvalue weighted by molar-refractivity contribution is 0.0398. The Labute approximate surface area is 116 Å². The minimum Gasteiger partial charge on any atom is -0.384 e. The Morgan fingerprint density at radius 2 is 2.00 bits per heavy atom. The first-order chi connectivity index (χ1) is 9.16. The van der Waals surface area contributed by atoms with Crippen molar-refractivity contribution >= 4 is 5.69 Å². The predicted molar refractivity (Wildman–Crippen MR) is 81.0 cm³/mol. The molecule has 19 heavy (non-hydrogen) atoms. The molecule has 3 heteroatoms. The summed E-state index contributed by atoms with van der Waals surface area (Å²) in [5.74, 6) is 0.584. The van der Waals surface area contributed by atoms with Gasteiger partial charge in [-0.05, 0) is 30.0 Å². The van der Waals surface area contributed by atoms with E-state index in [1.807, 2.05) is 0 Å². The number of nitrogens with zero attached hydrogens (tertiary/aromatic N) is 1. The van der Waals surface area contributed by atoms with Crippen LogP contribution in [-0.2, 0) is 4.74 Å². The van der Waals surface area contributed by atoms with Crippen LogP contribution in [-0.4, -0.2) is 44.3 Å². The number of benzene rings is 1. The van der Waals surface area contributed by atoms with Crippen molar-refractivity contribution in [2.75, 3.05) is 44.7 Å². The van der Waals surface area contributed by atoms with E-state index in [9.17, 15) is 0 Å². The Hall–Kier alpha value is -1.06. The molecule has 1 aromatic carbocycles. The molecule has 0 aliphatic carbocycles. The molecule has 2 rings (SSSR count). The number of aryl methyl sites for hydroxylation is 1. The highest BCUT2D eigenvalue weighted by Gasteiger charge is 2.09. The third-order valence-electron chi connectivity index (χ3n) is 3.78. The highest BCUT2D eigenvalue weighted by molar-refractivity contribution is 5.53. The highest BCUT2D eigenvalue weighted by Crippen LogP contribution is 2.22. The fraction of sp³-hybridized carbons (Fsp3) is 0.625. The molecule has 0 aromatic heterocycles. The van der Waals surface area contributed by atoms with E-state index in [4.69, 9.17) is 4.74 Å². The Kier molecular flexibility index (Phi) is 5.23. The van der Waals surface area contributed by atoms with Gasteiger partial charge in [0.25, 0.3) is 0 Å². The van der Waals surface area contributed by atoms with Gasteiger partial charge in [-0.25, -0.2) is 0 Å². The smallest absolute Gasteiger partial charge is 0.0594 e. The first kappa shape index (κ1) is 14.4. The van der Waals surface area contributed by atoms with Gasteiger partial charge in [0.2, 0.25) is 0 Å². The average molecular weight is 262 g/mol. The maximum absolute atomic E-state index is 5.36. The van der Waals surface area contributed by atoms with Crippen molar-refractivity contribution in [2.45, 2.75) is 26.7 Å². The van der Waals surface area contributed by atoms with Gasteiger partial charge in [0, 0.05) is 31.9 Å². The maximum atomic E-state index is 5.36. The van der Waals surface area contributed by atoms with Crippen LogP contribution in [0.5, 0.6) is 0 Å². The van der Waals surface area contributed by atoms with Crippen LogP contribution >= 0.6 is 0 Å². The largest absolute Gasteiger partial charge is 0.384 e. The SMILES string of the molecule is Cc1ccc(C(C)C)cc1NCCN1CCOCC1. The summed E-state index contributed by atoms with van der Waals surface area (Å²) in [6.45, 7) is 12.6. The standard InChI is InChI=1S/C16H26N2O/c1-13(2)15-5-4-14(3)16(12-15)17-6-7-18-8-10-19-11-9-18/h4-5,12-13,17H,6-11H2,1-3H3. The molecular weight excluding hydrogens is 236 g/mol. The van der Waals surface area contributed by atoms with Crippen molar-refractivity contribution in [3.63, 3.8) is 0 Å². The van der Waals surface area contributed by atoms with E-state index in [0.29, 0.717) is 5.92 Å². The molecule has 1 heterocycles. The van der Waals surface area contributed by atoms with Crippen molar-refractivity contribution in [1.82, 2.24) is 4.90 Å². The van der Waals surface area contributed by atoms with Gasteiger partial charge in [0.05, 0.1) is 13.2 Å². The van der Waals surface area contributed by atoms with Crippen molar-refractivity contribution < 1.29 is 4.74 Å². The second kappa shape index (κ2) is 6.92. The van der Waals surface area contributed by atoms with Crippen LogP contribution in [0.4, 0.5) is 5.69 Å². The van der Waals surface area contributed by atoms with Gasteiger partial charge in [0.1, 0.15) is 0 Å². The van der Waals surface area contributed by atoms with Crippen molar-refractivity contribution in [3.8, 4) is 0 Å². The lowest BCUT2D eigenvalue weighted by atomic mass is 10.0. The fourth-order valence-corrected chi connectivity index (χ4v) is 2.36. The van der Waals surface area contributed by atoms with E-state index >= 15 is 0 Å². The van der Waals surface area contributed by atoms with Gasteiger partial charge in [-0.1, -0.05) is 26.0 Å². The molecule has 0 unspecified atom stereocenters. The van der Waals surface area contributed by atoms with Crippen LogP contribution in [0.15, 0.2) is 18.2 Å². The van der Waals surface area contributed by atoms with E-state index < -0.39 is 0 Å². The number of nitrogens with one attached hydrogen (secondary N) is 1. The summed E-state index contributed by atoms with van der Waals surface area (Å²) in [5.41, 5.74) is 4.00. The maximum Gasteiger partial charge on any atom is 0.0594 e. The van der Waals surface area contributed by atoms with Gasteiger partial charge in [-0.15, -0.1) is 0 Å². The van der Waals surface area contributed by atoms with Gasteiger partial charge in [0.15, 0.2) is 0 Å². The number of anilines is 1. The molecule has 0 spiro atoms. The molecule has 1 saturated heterocycles. The van der Waals surface area contributed by atoms with E-state index in [1.54, 1.807) is 0 Å². The number of ether oxygens (including phenoxy) is 1. The second-order valence-corrected chi connectivity index (χ2v) is 5.61. The summed E-state index contributed by atoms with van der Waals surface area (Å²) in [7, 11) is 0. The number of morpholine rings is 1. The molecule has 0 atom stereocenters. The van der Waals surface area contributed by atoms with Crippen molar-refractivity contribution in [2.24, 2.45) is 0 Å². The third kappa shape index (κ3) is 4.22. The summed E-state index contributed by atoms with van der Waals surface area (Å²) in [6.07, 6.45) is 0. The summed E-state index contributed by atoms with van der Waals surface area (Å²) in [4.78, 5) is 2.46. The monoisotopic (exact) mass is 262 g/mol. The molecular formula is C16H26N2O. The Morgan fingerprint density at radius 3 is 2.68 bits per heavy atom. The quantitative estimate of drug-likeness (QED) is 0.883. The number of hydrogen-bond donors (Lipinski definition) is 1. The first-order valence-electron chi connectivity index (χ1n) is 7.31. The van der Waals surface area contributed by atoms with Gasteiger partial charge in [-0.3, -0.25) is 4.90 Å². The molecule has 3 nitrogen and oxygen atoms in total. The lowest BCUT2D eigenvalue weighted by Gasteiger charge is -2.26. The summed E-state index contributed by atoms with van der Waals surface area (Å²) in [6, 6.07) is 6.73. The Morgan fingerprint density at radius 1 is 1.26 bits per heavy atom. The van der Waals surface area contributed by atoms with Crippen molar-refractivity contribution in [1.29, 1.82) is 0 Å². The zero-order valence-corrected chi connectivity index (χ0v) is 12.4. The average Bonchev–Trinajstić information content (AvgIpc) is 2.42. The van der Waals surface area contributed by atoms with Gasteiger partial charge >= 0.3 is 0 Å². The molecule has 1 aromatic rings. The van der Waals surface area contributed by atoms with E-state index in [0.717, 1.165) is 39.4 Å². The Balaban J connectivity index is 1.86. The van der Waals surface area contributed by atoms with Crippen LogP contribution in [0.3, 0.4) is 0 Å². The fourth-order valence-electron chi connectivity index (χ4n) is 2.36. The summed E-state index contributed by atoms with van der Waals surface area (Å²) in [5, 5.41) is 3.57. The molecule has 1 fully saturated rings. The lowest BCUT2D eigenvalue weighted by Crippen LogP contribution is -2.39. The van der Waals surface area contributed by atoms with Crippen LogP contribution in [0.1, 0.15) is 30.9 Å². The molecule has 106 valence electrons. The normalized spacial score (nSPS) is 16.8. The molecule has 0 saturated carbocycles. The van der Waals surface area contributed by atoms with Crippen LogP contribution < -0.4 is 5.32 Å². The zero-order valence-electron chi connectivity index (χ0n) is 12.4. The minimum atomic E-state index is 0.584. The molecule has 0 bridgehead atoms. The predicted octanol–water partition coefficient (Wildman–Crippen LogP) is 2.86. The summed E-state index contributed by atoms with van der Waals surface area (Å²) >= 11 is 0. The molecule has 0 amide bonds. The van der Waals surface area contributed by atoms with Crippen LogP contribution in [0, 0.1) is 6.92 Å². The highest BCUT2D eigenvalue weighted by atomic mass is 16.5. The molecule has 1 aliphatic rings. The minimum absolute atomic E-state index is 0.584. The Bertz CT molecular complexity index is 398. The van der Waals surface area contributed by atoms with Crippen molar-refractivity contribution in [3.05, 3.63) is 29.3 Å². The van der Waals surface area contributed by atoms with Gasteiger partial charge in [-0.2, -0.15) is 0 Å². The topological polar surface area (TPSA) is 24.5 Å².